The molecule has 0 radical (unpaired) electrons. The van der Waals surface area contributed by atoms with Crippen molar-refractivity contribution in [3.05, 3.63) is 71.8 Å². The van der Waals surface area contributed by atoms with Gasteiger partial charge in [-0.15, -0.1) is 0 Å². The van der Waals surface area contributed by atoms with E-state index < -0.39 is 18.1 Å². The molecule has 0 spiro atoms. The first-order chi connectivity index (χ1) is 14.5. The maximum Gasteiger partial charge on any atom is 0.329 e. The van der Waals surface area contributed by atoms with Gasteiger partial charge >= 0.3 is 5.97 Å². The Labute approximate surface area is 177 Å². The second kappa shape index (κ2) is 10.1. The third-order valence-electron chi connectivity index (χ3n) is 5.28. The van der Waals surface area contributed by atoms with E-state index in [0.29, 0.717) is 18.5 Å². The molecule has 1 saturated heterocycles. The molecule has 0 saturated carbocycles. The first kappa shape index (κ1) is 21.6. The second-order valence-corrected chi connectivity index (χ2v) is 7.85. The fourth-order valence-corrected chi connectivity index (χ4v) is 3.59. The number of carbonyl (C=O) groups excluding carboxylic acids is 3. The molecule has 158 valence electrons. The lowest BCUT2D eigenvalue weighted by molar-refractivity contribution is -0.150. The quantitative estimate of drug-likeness (QED) is 0.714. The smallest absolute Gasteiger partial charge is 0.329 e. The summed E-state index contributed by atoms with van der Waals surface area (Å²) >= 11 is 0. The highest BCUT2D eigenvalue weighted by molar-refractivity contribution is 5.98. The van der Waals surface area contributed by atoms with Gasteiger partial charge in [0.2, 0.25) is 5.91 Å². The van der Waals surface area contributed by atoms with Gasteiger partial charge in [-0.3, -0.25) is 9.59 Å². The molecule has 1 aliphatic rings. The normalized spacial score (nSPS) is 16.9. The van der Waals surface area contributed by atoms with Gasteiger partial charge in [-0.2, -0.15) is 0 Å². The molecule has 1 N–H and O–H groups in total. The molecule has 2 aromatic carbocycles. The highest BCUT2D eigenvalue weighted by atomic mass is 16.5. The van der Waals surface area contributed by atoms with E-state index >= 15 is 0 Å². The third kappa shape index (κ3) is 5.26. The van der Waals surface area contributed by atoms with E-state index in [0.717, 1.165) is 12.0 Å². The fourth-order valence-electron chi connectivity index (χ4n) is 3.59. The van der Waals surface area contributed by atoms with Crippen molar-refractivity contribution in [3.8, 4) is 0 Å². The number of amides is 2. The van der Waals surface area contributed by atoms with E-state index in [9.17, 15) is 14.4 Å². The summed E-state index contributed by atoms with van der Waals surface area (Å²) in [5, 5.41) is 2.82. The van der Waals surface area contributed by atoms with Crippen molar-refractivity contribution < 1.29 is 19.1 Å². The van der Waals surface area contributed by atoms with Crippen LogP contribution in [0.15, 0.2) is 60.7 Å². The van der Waals surface area contributed by atoms with Crippen LogP contribution in [0.1, 0.15) is 42.6 Å². The lowest BCUT2D eigenvalue weighted by atomic mass is 10.0. The highest BCUT2D eigenvalue weighted by Gasteiger charge is 2.37. The van der Waals surface area contributed by atoms with E-state index in [1.807, 2.05) is 50.2 Å². The highest BCUT2D eigenvalue weighted by Crippen LogP contribution is 2.21. The van der Waals surface area contributed by atoms with Gasteiger partial charge in [0.1, 0.15) is 18.7 Å². The van der Waals surface area contributed by atoms with Crippen LogP contribution < -0.4 is 5.32 Å². The van der Waals surface area contributed by atoms with Gasteiger partial charge in [0.25, 0.3) is 5.91 Å². The molecule has 1 fully saturated rings. The van der Waals surface area contributed by atoms with Crippen LogP contribution in [-0.2, 0) is 20.9 Å². The molecule has 0 bridgehead atoms. The number of benzene rings is 2. The van der Waals surface area contributed by atoms with Crippen LogP contribution >= 0.6 is 0 Å². The van der Waals surface area contributed by atoms with Crippen LogP contribution in [0.3, 0.4) is 0 Å². The number of carbonyl (C=O) groups is 3. The molecule has 30 heavy (non-hydrogen) atoms. The standard InChI is InChI=1S/C24H28N2O4/c1-17(2)21(24(29)30-16-18-10-5-3-6-11-18)25-22(27)20-14-9-15-26(20)23(28)19-12-7-4-8-13-19/h3-8,10-13,17,20-21H,9,14-16H2,1-2H3,(H,25,27)/t20-,21-/m0/s1. The Morgan fingerprint density at radius 2 is 1.67 bits per heavy atom. The molecule has 0 aliphatic carbocycles. The van der Waals surface area contributed by atoms with Crippen LogP contribution in [0.4, 0.5) is 0 Å². The van der Waals surface area contributed by atoms with Crippen molar-refractivity contribution in [2.45, 2.75) is 45.4 Å². The first-order valence-electron chi connectivity index (χ1n) is 10.3. The molecule has 2 atom stereocenters. The Morgan fingerprint density at radius 3 is 2.30 bits per heavy atom. The van der Waals surface area contributed by atoms with Crippen LogP contribution in [-0.4, -0.2) is 41.3 Å². The number of hydrogen-bond acceptors (Lipinski definition) is 4. The summed E-state index contributed by atoms with van der Waals surface area (Å²) in [5.41, 5.74) is 1.44. The summed E-state index contributed by atoms with van der Waals surface area (Å²) in [6.45, 7) is 4.39. The maximum absolute atomic E-state index is 13.0. The maximum atomic E-state index is 13.0. The average molecular weight is 408 g/mol. The van der Waals surface area contributed by atoms with Crippen LogP contribution in [0.5, 0.6) is 0 Å². The number of nitrogens with zero attached hydrogens (tertiary/aromatic N) is 1. The van der Waals surface area contributed by atoms with E-state index in [-0.39, 0.29) is 24.3 Å². The lowest BCUT2D eigenvalue weighted by Crippen LogP contribution is -2.52. The van der Waals surface area contributed by atoms with E-state index in [1.165, 1.54) is 0 Å². The minimum absolute atomic E-state index is 0.142. The predicted octanol–water partition coefficient (Wildman–Crippen LogP) is 3.18. The summed E-state index contributed by atoms with van der Waals surface area (Å²) in [7, 11) is 0. The van der Waals surface area contributed by atoms with Crippen molar-refractivity contribution in [1.29, 1.82) is 0 Å². The molecule has 0 aromatic heterocycles. The second-order valence-electron chi connectivity index (χ2n) is 7.85. The van der Waals surface area contributed by atoms with Crippen molar-refractivity contribution in [3.63, 3.8) is 0 Å². The Balaban J connectivity index is 1.63. The third-order valence-corrected chi connectivity index (χ3v) is 5.28. The number of hydrogen-bond donors (Lipinski definition) is 1. The van der Waals surface area contributed by atoms with Crippen molar-refractivity contribution in [1.82, 2.24) is 10.2 Å². The van der Waals surface area contributed by atoms with Crippen LogP contribution in [0.2, 0.25) is 0 Å². The summed E-state index contributed by atoms with van der Waals surface area (Å²) < 4.78 is 5.42. The van der Waals surface area contributed by atoms with Gasteiger partial charge in [-0.05, 0) is 36.5 Å². The number of esters is 1. The molecule has 0 unspecified atom stereocenters. The Kier molecular flexibility index (Phi) is 7.22. The van der Waals surface area contributed by atoms with Gasteiger partial charge in [-0.1, -0.05) is 62.4 Å². The van der Waals surface area contributed by atoms with Gasteiger partial charge in [-0.25, -0.2) is 4.79 Å². The largest absolute Gasteiger partial charge is 0.459 e. The lowest BCUT2D eigenvalue weighted by Gasteiger charge is -2.27. The number of likely N-dealkylation sites (tertiary alicyclic amines) is 1. The molecule has 2 aromatic rings. The predicted molar refractivity (Wildman–Crippen MR) is 114 cm³/mol. The summed E-state index contributed by atoms with van der Waals surface area (Å²) in [5.74, 6) is -1.09. The molecular weight excluding hydrogens is 380 g/mol. The first-order valence-corrected chi connectivity index (χ1v) is 10.3. The van der Waals surface area contributed by atoms with Crippen molar-refractivity contribution in [2.24, 2.45) is 5.92 Å². The number of ether oxygens (including phenoxy) is 1. The molecule has 1 aliphatic heterocycles. The summed E-state index contributed by atoms with van der Waals surface area (Å²) in [6, 6.07) is 17.0. The van der Waals surface area contributed by atoms with E-state index in [1.54, 1.807) is 29.2 Å². The molecule has 2 amide bonds. The van der Waals surface area contributed by atoms with E-state index in [2.05, 4.69) is 5.32 Å². The Hall–Kier alpha value is -3.15. The minimum atomic E-state index is -0.768. The monoisotopic (exact) mass is 408 g/mol. The Bertz CT molecular complexity index is 867. The number of rotatable bonds is 7. The minimum Gasteiger partial charge on any atom is -0.459 e. The Morgan fingerprint density at radius 1 is 1.03 bits per heavy atom. The van der Waals surface area contributed by atoms with Gasteiger partial charge in [0, 0.05) is 12.1 Å². The molecule has 6 nitrogen and oxygen atoms in total. The van der Waals surface area contributed by atoms with Crippen molar-refractivity contribution in [2.75, 3.05) is 6.54 Å². The topological polar surface area (TPSA) is 75.7 Å². The molecule has 6 heteroatoms. The zero-order valence-corrected chi connectivity index (χ0v) is 17.4. The average Bonchev–Trinajstić information content (AvgIpc) is 3.26. The molecular formula is C24H28N2O4. The van der Waals surface area contributed by atoms with Gasteiger partial charge in [0.15, 0.2) is 0 Å². The SMILES string of the molecule is CC(C)[C@H](NC(=O)[C@@H]1CCCN1C(=O)c1ccccc1)C(=O)OCc1ccccc1. The molecule has 3 rings (SSSR count). The zero-order chi connectivity index (χ0) is 21.5. The van der Waals surface area contributed by atoms with Crippen LogP contribution in [0.25, 0.3) is 0 Å². The van der Waals surface area contributed by atoms with Crippen molar-refractivity contribution >= 4 is 17.8 Å². The number of nitrogens with one attached hydrogen (secondary N) is 1. The molecule has 1 heterocycles. The van der Waals surface area contributed by atoms with Crippen LogP contribution in [0, 0.1) is 5.92 Å². The van der Waals surface area contributed by atoms with E-state index in [4.69, 9.17) is 4.74 Å². The fraction of sp³-hybridized carbons (Fsp3) is 0.375. The summed E-state index contributed by atoms with van der Waals surface area (Å²) in [4.78, 5) is 40.0. The van der Waals surface area contributed by atoms with Gasteiger partial charge in [0.05, 0.1) is 0 Å². The zero-order valence-electron chi connectivity index (χ0n) is 17.4. The van der Waals surface area contributed by atoms with Gasteiger partial charge < -0.3 is 15.0 Å². The summed E-state index contributed by atoms with van der Waals surface area (Å²) in [6.07, 6.45) is 1.33.